The highest BCUT2D eigenvalue weighted by molar-refractivity contribution is 6.09. The van der Waals surface area contributed by atoms with Gasteiger partial charge in [0.25, 0.3) is 5.91 Å². The Labute approximate surface area is 174 Å². The average molecular weight is 412 g/mol. The van der Waals surface area contributed by atoms with Gasteiger partial charge in [0.1, 0.15) is 0 Å². The molecule has 2 amide bonds. The molecule has 0 aliphatic rings. The largest absolute Gasteiger partial charge is 0.478 e. The van der Waals surface area contributed by atoms with E-state index < -0.39 is 17.8 Å². The summed E-state index contributed by atoms with van der Waals surface area (Å²) in [5.74, 6) is -2.44. The molecule has 0 aliphatic heterocycles. The second-order valence-electron chi connectivity index (χ2n) is 6.49. The number of carboxylic acid groups (broad SMARTS) is 1. The van der Waals surface area contributed by atoms with Crippen molar-refractivity contribution in [1.82, 2.24) is 0 Å². The van der Waals surface area contributed by atoms with Gasteiger partial charge in [-0.15, -0.1) is 0 Å². The number of carbonyl (C=O) groups excluding carboxylic acids is 3. The van der Waals surface area contributed by atoms with Crippen LogP contribution in [0.5, 0.6) is 0 Å². The second kappa shape index (κ2) is 10.8. The quantitative estimate of drug-likeness (QED) is 0.424. The molecule has 0 unspecified atom stereocenters. The molecule has 0 aliphatic carbocycles. The average Bonchev–Trinajstić information content (AvgIpc) is 2.74. The number of carboxylic acids is 1. The molecule has 8 heteroatoms. The maximum atomic E-state index is 12.6. The number of amides is 2. The summed E-state index contributed by atoms with van der Waals surface area (Å²) in [5.41, 5.74) is 1.02. The van der Waals surface area contributed by atoms with Crippen molar-refractivity contribution in [2.45, 2.75) is 33.1 Å². The van der Waals surface area contributed by atoms with E-state index in [1.165, 1.54) is 36.4 Å². The lowest BCUT2D eigenvalue weighted by Gasteiger charge is -2.13. The van der Waals surface area contributed by atoms with E-state index in [0.29, 0.717) is 12.1 Å². The van der Waals surface area contributed by atoms with Crippen LogP contribution in [0.2, 0.25) is 0 Å². The number of carbonyl (C=O) groups is 4. The smallest absolute Gasteiger partial charge is 0.340 e. The minimum absolute atomic E-state index is 0.0519. The van der Waals surface area contributed by atoms with Crippen LogP contribution in [0.15, 0.2) is 42.5 Å². The van der Waals surface area contributed by atoms with Crippen LogP contribution >= 0.6 is 0 Å². The number of anilines is 2. The molecule has 0 heterocycles. The maximum Gasteiger partial charge on any atom is 0.340 e. The third-order valence-electron chi connectivity index (χ3n) is 4.22. The third kappa shape index (κ3) is 6.16. The molecule has 0 saturated heterocycles. The lowest BCUT2D eigenvalue weighted by Crippen LogP contribution is -2.17. The molecule has 0 aromatic heterocycles. The van der Waals surface area contributed by atoms with Crippen LogP contribution in [0.25, 0.3) is 0 Å². The molecule has 0 bridgehead atoms. The molecule has 0 fully saturated rings. The maximum absolute atomic E-state index is 12.6. The number of aromatic carboxylic acids is 1. The van der Waals surface area contributed by atoms with E-state index in [4.69, 9.17) is 9.84 Å². The van der Waals surface area contributed by atoms with E-state index in [9.17, 15) is 19.2 Å². The summed E-state index contributed by atoms with van der Waals surface area (Å²) in [4.78, 5) is 47.7. The van der Waals surface area contributed by atoms with Gasteiger partial charge in [-0.05, 0) is 48.9 Å². The SMILES string of the molecule is CCCCOC(=O)c1ccc(NC(=O)CC)cc1NC(=O)c1ccc(C(=O)O)cc1. The Morgan fingerprint density at radius 1 is 0.933 bits per heavy atom. The number of nitrogens with one attached hydrogen (secondary N) is 2. The van der Waals surface area contributed by atoms with Crippen molar-refractivity contribution < 1.29 is 29.0 Å². The Morgan fingerprint density at radius 3 is 2.20 bits per heavy atom. The van der Waals surface area contributed by atoms with E-state index in [-0.39, 0.29) is 41.3 Å². The van der Waals surface area contributed by atoms with E-state index in [2.05, 4.69) is 10.6 Å². The number of rotatable bonds is 9. The van der Waals surface area contributed by atoms with Gasteiger partial charge in [0.05, 0.1) is 23.4 Å². The molecule has 8 nitrogen and oxygen atoms in total. The Morgan fingerprint density at radius 2 is 1.60 bits per heavy atom. The predicted molar refractivity (Wildman–Crippen MR) is 112 cm³/mol. The molecule has 158 valence electrons. The summed E-state index contributed by atoms with van der Waals surface area (Å²) < 4.78 is 5.24. The van der Waals surface area contributed by atoms with Crippen LogP contribution in [0.1, 0.15) is 64.2 Å². The zero-order valence-electron chi connectivity index (χ0n) is 16.9. The summed E-state index contributed by atoms with van der Waals surface area (Å²) in [6.45, 7) is 3.94. The molecule has 2 aromatic rings. The van der Waals surface area contributed by atoms with Gasteiger partial charge in [-0.25, -0.2) is 9.59 Å². The zero-order chi connectivity index (χ0) is 22.1. The Kier molecular flexibility index (Phi) is 8.10. The van der Waals surface area contributed by atoms with Crippen molar-refractivity contribution in [3.8, 4) is 0 Å². The van der Waals surface area contributed by atoms with Crippen molar-refractivity contribution in [3.63, 3.8) is 0 Å². The number of unbranched alkanes of at least 4 members (excludes halogenated alkanes) is 1. The fourth-order valence-electron chi connectivity index (χ4n) is 2.50. The van der Waals surface area contributed by atoms with Crippen LogP contribution in [0, 0.1) is 0 Å². The fourth-order valence-corrected chi connectivity index (χ4v) is 2.50. The topological polar surface area (TPSA) is 122 Å². The summed E-state index contributed by atoms with van der Waals surface area (Å²) >= 11 is 0. The van der Waals surface area contributed by atoms with Gasteiger partial charge in [0.15, 0.2) is 0 Å². The van der Waals surface area contributed by atoms with Crippen molar-refractivity contribution in [1.29, 1.82) is 0 Å². The molecule has 30 heavy (non-hydrogen) atoms. The molecule has 2 aromatic carbocycles. The van der Waals surface area contributed by atoms with Crippen molar-refractivity contribution in [2.75, 3.05) is 17.2 Å². The predicted octanol–water partition coefficient (Wildman–Crippen LogP) is 3.94. The Bertz CT molecular complexity index is 937. The van der Waals surface area contributed by atoms with Crippen molar-refractivity contribution >= 4 is 35.1 Å². The molecule has 0 radical (unpaired) electrons. The van der Waals surface area contributed by atoms with E-state index in [1.54, 1.807) is 13.0 Å². The number of hydrogen-bond acceptors (Lipinski definition) is 5. The first-order chi connectivity index (χ1) is 14.3. The molecule has 2 rings (SSSR count). The molecular weight excluding hydrogens is 388 g/mol. The van der Waals surface area contributed by atoms with Gasteiger partial charge in [-0.1, -0.05) is 20.3 Å². The van der Waals surface area contributed by atoms with Crippen molar-refractivity contribution in [2.24, 2.45) is 0 Å². The van der Waals surface area contributed by atoms with Crippen LogP contribution in [-0.2, 0) is 9.53 Å². The molecular formula is C22H24N2O6. The first kappa shape index (κ1) is 22.6. The summed E-state index contributed by atoms with van der Waals surface area (Å²) in [6.07, 6.45) is 1.86. The third-order valence-corrected chi connectivity index (χ3v) is 4.22. The minimum atomic E-state index is -1.10. The lowest BCUT2D eigenvalue weighted by atomic mass is 10.1. The highest BCUT2D eigenvalue weighted by Crippen LogP contribution is 2.23. The summed E-state index contributed by atoms with van der Waals surface area (Å²) in [6, 6.07) is 9.89. The van der Waals surface area contributed by atoms with Crippen LogP contribution in [-0.4, -0.2) is 35.5 Å². The zero-order valence-corrected chi connectivity index (χ0v) is 16.9. The van der Waals surface area contributed by atoms with Crippen LogP contribution < -0.4 is 10.6 Å². The Balaban J connectivity index is 2.29. The standard InChI is InChI=1S/C22H24N2O6/c1-3-5-12-30-22(29)17-11-10-16(23-19(25)4-2)13-18(17)24-20(26)14-6-8-15(9-7-14)21(27)28/h6-11,13H,3-5,12H2,1-2H3,(H,23,25)(H,24,26)(H,27,28). The van der Waals surface area contributed by atoms with Gasteiger partial charge >= 0.3 is 11.9 Å². The van der Waals surface area contributed by atoms with E-state index >= 15 is 0 Å². The minimum Gasteiger partial charge on any atom is -0.478 e. The van der Waals surface area contributed by atoms with Gasteiger partial charge in [-0.2, -0.15) is 0 Å². The molecule has 0 atom stereocenters. The van der Waals surface area contributed by atoms with Gasteiger partial charge in [0.2, 0.25) is 5.91 Å². The monoisotopic (exact) mass is 412 g/mol. The first-order valence-corrected chi connectivity index (χ1v) is 9.61. The number of hydrogen-bond donors (Lipinski definition) is 3. The van der Waals surface area contributed by atoms with Gasteiger partial charge in [-0.3, -0.25) is 9.59 Å². The number of benzene rings is 2. The highest BCUT2D eigenvalue weighted by atomic mass is 16.5. The lowest BCUT2D eigenvalue weighted by molar-refractivity contribution is -0.115. The van der Waals surface area contributed by atoms with Crippen LogP contribution in [0.3, 0.4) is 0 Å². The highest BCUT2D eigenvalue weighted by Gasteiger charge is 2.17. The normalized spacial score (nSPS) is 10.2. The van der Waals surface area contributed by atoms with E-state index in [1.807, 2.05) is 6.92 Å². The number of esters is 1. The summed E-state index contributed by atoms with van der Waals surface area (Å²) in [7, 11) is 0. The molecule has 0 spiro atoms. The fraction of sp³-hybridized carbons (Fsp3) is 0.273. The molecule has 0 saturated carbocycles. The van der Waals surface area contributed by atoms with E-state index in [0.717, 1.165) is 6.42 Å². The van der Waals surface area contributed by atoms with Gasteiger partial charge in [0, 0.05) is 17.7 Å². The Hall–Kier alpha value is -3.68. The summed E-state index contributed by atoms with van der Waals surface area (Å²) in [5, 5.41) is 14.3. The number of ether oxygens (including phenoxy) is 1. The van der Waals surface area contributed by atoms with Gasteiger partial charge < -0.3 is 20.5 Å². The second-order valence-corrected chi connectivity index (χ2v) is 6.49. The molecule has 3 N–H and O–H groups in total. The first-order valence-electron chi connectivity index (χ1n) is 9.61. The van der Waals surface area contributed by atoms with Crippen molar-refractivity contribution in [3.05, 3.63) is 59.2 Å². The van der Waals surface area contributed by atoms with Crippen LogP contribution in [0.4, 0.5) is 11.4 Å².